The van der Waals surface area contributed by atoms with Crippen LogP contribution in [0.5, 0.6) is 0 Å². The summed E-state index contributed by atoms with van der Waals surface area (Å²) >= 11 is 1.67. The Bertz CT molecular complexity index is 510. The minimum atomic E-state index is -0.195. The van der Waals surface area contributed by atoms with Gasteiger partial charge in [-0.15, -0.1) is 11.3 Å². The summed E-state index contributed by atoms with van der Waals surface area (Å²) in [5.74, 6) is 0.0159. The Morgan fingerprint density at radius 1 is 1.44 bits per heavy atom. The van der Waals surface area contributed by atoms with Crippen molar-refractivity contribution in [1.29, 1.82) is 0 Å². The van der Waals surface area contributed by atoms with Gasteiger partial charge in [0.1, 0.15) is 5.82 Å². The van der Waals surface area contributed by atoms with Crippen molar-refractivity contribution in [2.24, 2.45) is 5.73 Å². The second kappa shape index (κ2) is 6.07. The Morgan fingerprint density at radius 2 is 2.28 bits per heavy atom. The molecule has 0 amide bonds. The molecule has 0 aliphatic carbocycles. The molecule has 0 aliphatic rings. The molecule has 0 aliphatic heterocycles. The number of aryl methyl sites for hydroxylation is 2. The van der Waals surface area contributed by atoms with Crippen LogP contribution in [0.1, 0.15) is 28.5 Å². The molecule has 0 fully saturated rings. The van der Waals surface area contributed by atoms with E-state index in [-0.39, 0.29) is 11.7 Å². The van der Waals surface area contributed by atoms with Gasteiger partial charge in [-0.2, -0.15) is 0 Å². The summed E-state index contributed by atoms with van der Waals surface area (Å²) in [6.07, 6.45) is 1.89. The molecule has 0 radical (unpaired) electrons. The lowest BCUT2D eigenvalue weighted by Crippen LogP contribution is -2.13. The highest BCUT2D eigenvalue weighted by Crippen LogP contribution is 2.23. The van der Waals surface area contributed by atoms with Crippen LogP contribution in [-0.2, 0) is 6.42 Å². The highest BCUT2D eigenvalue weighted by Gasteiger charge is 2.12. The summed E-state index contributed by atoms with van der Waals surface area (Å²) in [5.41, 5.74) is 9.74. The number of halogens is 1. The Balaban J connectivity index is 2.04. The van der Waals surface area contributed by atoms with Crippen molar-refractivity contribution < 1.29 is 4.39 Å². The zero-order chi connectivity index (χ0) is 13.0. The Hall–Kier alpha value is -1.26. The minimum Gasteiger partial charge on any atom is -0.330 e. The first-order chi connectivity index (χ1) is 8.70. The van der Waals surface area contributed by atoms with Crippen LogP contribution in [0.3, 0.4) is 0 Å². The number of thiazole rings is 1. The van der Waals surface area contributed by atoms with Crippen LogP contribution in [0, 0.1) is 12.7 Å². The van der Waals surface area contributed by atoms with E-state index in [0.29, 0.717) is 6.54 Å². The Labute approximate surface area is 111 Å². The van der Waals surface area contributed by atoms with Gasteiger partial charge in [0.05, 0.1) is 11.2 Å². The molecule has 4 heteroatoms. The van der Waals surface area contributed by atoms with Gasteiger partial charge in [-0.1, -0.05) is 12.1 Å². The third-order valence-corrected chi connectivity index (χ3v) is 4.16. The molecule has 2 aromatic rings. The van der Waals surface area contributed by atoms with Crippen LogP contribution in [0.25, 0.3) is 0 Å². The molecular formula is C14H17FN2S. The fourth-order valence-electron chi connectivity index (χ4n) is 2.05. The van der Waals surface area contributed by atoms with Crippen LogP contribution in [-0.4, -0.2) is 11.5 Å². The first-order valence-electron chi connectivity index (χ1n) is 6.05. The van der Waals surface area contributed by atoms with Crippen molar-refractivity contribution in [1.82, 2.24) is 4.98 Å². The Morgan fingerprint density at radius 3 is 2.89 bits per heavy atom. The van der Waals surface area contributed by atoms with Crippen molar-refractivity contribution in [2.75, 3.05) is 6.54 Å². The molecule has 1 aromatic carbocycles. The van der Waals surface area contributed by atoms with Gasteiger partial charge < -0.3 is 5.73 Å². The van der Waals surface area contributed by atoms with Gasteiger partial charge >= 0.3 is 0 Å². The maximum atomic E-state index is 13.2. The molecule has 0 saturated carbocycles. The average molecular weight is 264 g/mol. The summed E-state index contributed by atoms with van der Waals surface area (Å²) in [5, 5.41) is 0. The van der Waals surface area contributed by atoms with Gasteiger partial charge in [-0.3, -0.25) is 0 Å². The number of aromatic nitrogens is 1. The summed E-state index contributed by atoms with van der Waals surface area (Å²) in [6.45, 7) is 2.56. The van der Waals surface area contributed by atoms with Crippen LogP contribution < -0.4 is 5.73 Å². The molecule has 2 nitrogen and oxygen atoms in total. The molecule has 0 bridgehead atoms. The predicted octanol–water partition coefficient (Wildman–Crippen LogP) is 3.27. The van der Waals surface area contributed by atoms with E-state index in [9.17, 15) is 4.39 Å². The number of hydrogen-bond donors (Lipinski definition) is 1. The standard InChI is InChI=1S/C14H17FN2S/c1-10-14(18-9-17-10)6-5-12(8-16)11-3-2-4-13(15)7-11/h2-4,7,9,12H,5-6,8,16H2,1H3. The molecular weight excluding hydrogens is 247 g/mol. The zero-order valence-electron chi connectivity index (χ0n) is 10.4. The molecule has 1 atom stereocenters. The molecule has 1 unspecified atom stereocenters. The lowest BCUT2D eigenvalue weighted by molar-refractivity contribution is 0.604. The van der Waals surface area contributed by atoms with E-state index in [1.54, 1.807) is 23.5 Å². The highest BCUT2D eigenvalue weighted by molar-refractivity contribution is 7.09. The molecule has 18 heavy (non-hydrogen) atoms. The maximum Gasteiger partial charge on any atom is 0.123 e. The van der Waals surface area contributed by atoms with Crippen molar-refractivity contribution in [3.8, 4) is 0 Å². The highest BCUT2D eigenvalue weighted by atomic mass is 32.1. The normalized spacial score (nSPS) is 12.6. The quantitative estimate of drug-likeness (QED) is 0.900. The van der Waals surface area contributed by atoms with Crippen molar-refractivity contribution in [3.05, 3.63) is 51.7 Å². The molecule has 2 rings (SSSR count). The molecule has 1 heterocycles. The predicted molar refractivity (Wildman–Crippen MR) is 73.4 cm³/mol. The van der Waals surface area contributed by atoms with E-state index >= 15 is 0 Å². The third-order valence-electron chi connectivity index (χ3n) is 3.17. The fraction of sp³-hybridized carbons (Fsp3) is 0.357. The van der Waals surface area contributed by atoms with Crippen molar-refractivity contribution in [2.45, 2.75) is 25.7 Å². The van der Waals surface area contributed by atoms with E-state index < -0.39 is 0 Å². The van der Waals surface area contributed by atoms with Crippen molar-refractivity contribution in [3.63, 3.8) is 0 Å². The first-order valence-corrected chi connectivity index (χ1v) is 6.93. The number of hydrogen-bond acceptors (Lipinski definition) is 3. The lowest BCUT2D eigenvalue weighted by atomic mass is 9.94. The summed E-state index contributed by atoms with van der Waals surface area (Å²) in [6, 6.07) is 6.73. The summed E-state index contributed by atoms with van der Waals surface area (Å²) in [7, 11) is 0. The van der Waals surface area contributed by atoms with Crippen LogP contribution >= 0.6 is 11.3 Å². The van der Waals surface area contributed by atoms with Gasteiger partial charge in [0.2, 0.25) is 0 Å². The molecule has 96 valence electrons. The van der Waals surface area contributed by atoms with E-state index in [4.69, 9.17) is 5.73 Å². The second-order valence-electron chi connectivity index (χ2n) is 4.39. The number of nitrogens with two attached hydrogens (primary N) is 1. The largest absolute Gasteiger partial charge is 0.330 e. The van der Waals surface area contributed by atoms with Crippen LogP contribution in [0.4, 0.5) is 4.39 Å². The zero-order valence-corrected chi connectivity index (χ0v) is 11.2. The number of benzene rings is 1. The van der Waals surface area contributed by atoms with Gasteiger partial charge in [-0.25, -0.2) is 9.37 Å². The average Bonchev–Trinajstić information content (AvgIpc) is 2.76. The maximum absolute atomic E-state index is 13.2. The van der Waals surface area contributed by atoms with Crippen LogP contribution in [0.15, 0.2) is 29.8 Å². The molecule has 2 N–H and O–H groups in total. The van der Waals surface area contributed by atoms with Gasteiger partial charge in [-0.05, 0) is 49.9 Å². The lowest BCUT2D eigenvalue weighted by Gasteiger charge is -2.14. The topological polar surface area (TPSA) is 38.9 Å². The van der Waals surface area contributed by atoms with Crippen LogP contribution in [0.2, 0.25) is 0 Å². The van der Waals surface area contributed by atoms with Crippen molar-refractivity contribution >= 4 is 11.3 Å². The third kappa shape index (κ3) is 3.15. The fourth-order valence-corrected chi connectivity index (χ4v) is 2.85. The number of rotatable bonds is 5. The van der Waals surface area contributed by atoms with E-state index in [2.05, 4.69) is 4.98 Å². The summed E-state index contributed by atoms with van der Waals surface area (Å²) in [4.78, 5) is 5.53. The van der Waals surface area contributed by atoms with E-state index in [1.807, 2.05) is 18.5 Å². The van der Waals surface area contributed by atoms with E-state index in [0.717, 1.165) is 24.1 Å². The smallest absolute Gasteiger partial charge is 0.123 e. The van der Waals surface area contributed by atoms with E-state index in [1.165, 1.54) is 10.9 Å². The molecule has 0 saturated heterocycles. The minimum absolute atomic E-state index is 0.195. The second-order valence-corrected chi connectivity index (χ2v) is 5.33. The number of nitrogens with zero attached hydrogens (tertiary/aromatic N) is 1. The molecule has 1 aromatic heterocycles. The van der Waals surface area contributed by atoms with Gasteiger partial charge in [0, 0.05) is 4.88 Å². The monoisotopic (exact) mass is 264 g/mol. The SMILES string of the molecule is Cc1ncsc1CCC(CN)c1cccc(F)c1. The van der Waals surface area contributed by atoms with Gasteiger partial charge in [0.15, 0.2) is 0 Å². The first kappa shape index (κ1) is 13.2. The Kier molecular flexibility index (Phi) is 4.44. The van der Waals surface area contributed by atoms with Gasteiger partial charge in [0.25, 0.3) is 0 Å². The summed E-state index contributed by atoms with van der Waals surface area (Å²) < 4.78 is 13.2. The molecule has 0 spiro atoms.